The zero-order valence-electron chi connectivity index (χ0n) is 9.12. The molecule has 1 aromatic heterocycles. The average molecular weight is 197 g/mol. The third-order valence-corrected chi connectivity index (χ3v) is 2.15. The first-order chi connectivity index (χ1) is 6.65. The Labute approximate surface area is 84.9 Å². The Balaban J connectivity index is 2.58. The molecule has 0 saturated heterocycles. The number of hydrogen-bond acceptors (Lipinski definition) is 3. The van der Waals surface area contributed by atoms with Gasteiger partial charge >= 0.3 is 0 Å². The SMILES string of the molecule is Cc1nn(C(C)C)cc1CNCCO. The summed E-state index contributed by atoms with van der Waals surface area (Å²) in [5.41, 5.74) is 2.26. The minimum atomic E-state index is 0.178. The van der Waals surface area contributed by atoms with Crippen molar-refractivity contribution in [2.24, 2.45) is 0 Å². The van der Waals surface area contributed by atoms with E-state index in [1.54, 1.807) is 0 Å². The highest BCUT2D eigenvalue weighted by Gasteiger charge is 2.05. The van der Waals surface area contributed by atoms with Crippen molar-refractivity contribution in [3.8, 4) is 0 Å². The van der Waals surface area contributed by atoms with Gasteiger partial charge in [-0.1, -0.05) is 0 Å². The number of nitrogens with one attached hydrogen (secondary N) is 1. The van der Waals surface area contributed by atoms with Crippen LogP contribution in [0.15, 0.2) is 6.20 Å². The largest absolute Gasteiger partial charge is 0.395 e. The van der Waals surface area contributed by atoms with E-state index in [-0.39, 0.29) is 6.61 Å². The lowest BCUT2D eigenvalue weighted by Crippen LogP contribution is -2.17. The molecule has 0 radical (unpaired) electrons. The molecule has 4 heteroatoms. The maximum Gasteiger partial charge on any atom is 0.0638 e. The first kappa shape index (κ1) is 11.2. The first-order valence-corrected chi connectivity index (χ1v) is 5.01. The number of aromatic nitrogens is 2. The van der Waals surface area contributed by atoms with Gasteiger partial charge in [-0.15, -0.1) is 0 Å². The van der Waals surface area contributed by atoms with Gasteiger partial charge in [0.2, 0.25) is 0 Å². The standard InChI is InChI=1S/C10H19N3O/c1-8(2)13-7-10(9(3)12-13)6-11-4-5-14/h7-8,11,14H,4-6H2,1-3H3. The van der Waals surface area contributed by atoms with Crippen LogP contribution in [0.5, 0.6) is 0 Å². The van der Waals surface area contributed by atoms with Gasteiger partial charge in [-0.2, -0.15) is 5.10 Å². The van der Waals surface area contributed by atoms with Gasteiger partial charge in [-0.05, 0) is 20.8 Å². The van der Waals surface area contributed by atoms with Gasteiger partial charge in [0.15, 0.2) is 0 Å². The summed E-state index contributed by atoms with van der Waals surface area (Å²) in [5, 5.41) is 16.2. The second-order valence-electron chi connectivity index (χ2n) is 3.71. The summed E-state index contributed by atoms with van der Waals surface area (Å²) in [6.45, 7) is 7.81. The Kier molecular flexibility index (Phi) is 4.10. The Morgan fingerprint density at radius 1 is 1.57 bits per heavy atom. The molecule has 0 unspecified atom stereocenters. The van der Waals surface area contributed by atoms with Crippen LogP contribution in [-0.2, 0) is 6.54 Å². The number of aliphatic hydroxyl groups excluding tert-OH is 1. The molecule has 2 N–H and O–H groups in total. The van der Waals surface area contributed by atoms with Crippen LogP contribution in [0.25, 0.3) is 0 Å². The van der Waals surface area contributed by atoms with Crippen molar-refractivity contribution >= 4 is 0 Å². The summed E-state index contributed by atoms with van der Waals surface area (Å²) in [6.07, 6.45) is 2.06. The van der Waals surface area contributed by atoms with Crippen LogP contribution in [0.3, 0.4) is 0 Å². The van der Waals surface area contributed by atoms with Crippen molar-refractivity contribution in [1.82, 2.24) is 15.1 Å². The summed E-state index contributed by atoms with van der Waals surface area (Å²) in [6, 6.07) is 0.403. The molecule has 4 nitrogen and oxygen atoms in total. The van der Waals surface area contributed by atoms with Crippen LogP contribution in [0.1, 0.15) is 31.1 Å². The zero-order chi connectivity index (χ0) is 10.6. The van der Waals surface area contributed by atoms with E-state index in [1.807, 2.05) is 11.6 Å². The third kappa shape index (κ3) is 2.82. The van der Waals surface area contributed by atoms with Gasteiger partial charge in [0, 0.05) is 30.9 Å². The Morgan fingerprint density at radius 3 is 2.79 bits per heavy atom. The van der Waals surface area contributed by atoms with Crippen molar-refractivity contribution in [3.63, 3.8) is 0 Å². The summed E-state index contributed by atoms with van der Waals surface area (Å²) < 4.78 is 1.96. The normalized spacial score (nSPS) is 11.2. The summed E-state index contributed by atoms with van der Waals surface area (Å²) in [4.78, 5) is 0. The minimum absolute atomic E-state index is 0.178. The van der Waals surface area contributed by atoms with E-state index in [9.17, 15) is 0 Å². The molecule has 1 aromatic rings. The molecule has 1 rings (SSSR count). The van der Waals surface area contributed by atoms with Crippen LogP contribution >= 0.6 is 0 Å². The molecule has 0 spiro atoms. The second kappa shape index (κ2) is 5.12. The van der Waals surface area contributed by atoms with Crippen LogP contribution < -0.4 is 5.32 Å². The van der Waals surface area contributed by atoms with Gasteiger partial charge in [0.05, 0.1) is 12.3 Å². The smallest absolute Gasteiger partial charge is 0.0638 e. The van der Waals surface area contributed by atoms with E-state index in [1.165, 1.54) is 5.56 Å². The van der Waals surface area contributed by atoms with Gasteiger partial charge < -0.3 is 10.4 Å². The molecular weight excluding hydrogens is 178 g/mol. The highest BCUT2D eigenvalue weighted by Crippen LogP contribution is 2.09. The van der Waals surface area contributed by atoms with Crippen molar-refractivity contribution in [1.29, 1.82) is 0 Å². The lowest BCUT2D eigenvalue weighted by Gasteiger charge is -2.03. The highest BCUT2D eigenvalue weighted by atomic mass is 16.3. The number of hydrogen-bond donors (Lipinski definition) is 2. The molecule has 0 amide bonds. The summed E-state index contributed by atoms with van der Waals surface area (Å²) >= 11 is 0. The van der Waals surface area contributed by atoms with E-state index in [4.69, 9.17) is 5.11 Å². The summed E-state index contributed by atoms with van der Waals surface area (Å²) in [5.74, 6) is 0. The predicted molar refractivity (Wildman–Crippen MR) is 56.1 cm³/mol. The number of aryl methyl sites for hydroxylation is 1. The average Bonchev–Trinajstić information content (AvgIpc) is 2.49. The molecule has 0 saturated carbocycles. The molecule has 0 aliphatic rings. The molecule has 0 aliphatic heterocycles. The van der Waals surface area contributed by atoms with Gasteiger partial charge in [0.1, 0.15) is 0 Å². The van der Waals surface area contributed by atoms with E-state index in [2.05, 4.69) is 30.5 Å². The van der Waals surface area contributed by atoms with Crippen molar-refractivity contribution < 1.29 is 5.11 Å². The van der Waals surface area contributed by atoms with Gasteiger partial charge in [-0.25, -0.2) is 0 Å². The summed E-state index contributed by atoms with van der Waals surface area (Å²) in [7, 11) is 0. The maximum atomic E-state index is 8.62. The maximum absolute atomic E-state index is 8.62. The highest BCUT2D eigenvalue weighted by molar-refractivity contribution is 5.15. The molecule has 0 atom stereocenters. The van der Waals surface area contributed by atoms with E-state index < -0.39 is 0 Å². The number of rotatable bonds is 5. The van der Waals surface area contributed by atoms with E-state index in [0.29, 0.717) is 12.6 Å². The molecule has 0 aliphatic carbocycles. The minimum Gasteiger partial charge on any atom is -0.395 e. The van der Waals surface area contributed by atoms with E-state index in [0.717, 1.165) is 12.2 Å². The first-order valence-electron chi connectivity index (χ1n) is 5.01. The predicted octanol–water partition coefficient (Wildman–Crippen LogP) is 0.854. The van der Waals surface area contributed by atoms with Crippen LogP contribution in [0.2, 0.25) is 0 Å². The fourth-order valence-corrected chi connectivity index (χ4v) is 1.26. The molecule has 1 heterocycles. The van der Waals surface area contributed by atoms with Gasteiger partial charge in [-0.3, -0.25) is 4.68 Å². The second-order valence-corrected chi connectivity index (χ2v) is 3.71. The lowest BCUT2D eigenvalue weighted by atomic mass is 10.2. The molecule has 14 heavy (non-hydrogen) atoms. The Bertz CT molecular complexity index is 281. The van der Waals surface area contributed by atoms with Crippen molar-refractivity contribution in [3.05, 3.63) is 17.5 Å². The fourth-order valence-electron chi connectivity index (χ4n) is 1.26. The Hall–Kier alpha value is -0.870. The number of nitrogens with zero attached hydrogens (tertiary/aromatic N) is 2. The quantitative estimate of drug-likeness (QED) is 0.688. The topological polar surface area (TPSA) is 50.1 Å². The zero-order valence-corrected chi connectivity index (χ0v) is 9.12. The van der Waals surface area contributed by atoms with Crippen molar-refractivity contribution in [2.75, 3.05) is 13.2 Å². The van der Waals surface area contributed by atoms with E-state index >= 15 is 0 Å². The fraction of sp³-hybridized carbons (Fsp3) is 0.700. The van der Waals surface area contributed by atoms with Gasteiger partial charge in [0.25, 0.3) is 0 Å². The molecule has 80 valence electrons. The van der Waals surface area contributed by atoms with Crippen LogP contribution in [0.4, 0.5) is 0 Å². The molecular formula is C10H19N3O. The third-order valence-electron chi connectivity index (χ3n) is 2.15. The molecule has 0 bridgehead atoms. The molecule has 0 fully saturated rings. The van der Waals surface area contributed by atoms with Crippen LogP contribution in [-0.4, -0.2) is 28.0 Å². The Morgan fingerprint density at radius 2 is 2.29 bits per heavy atom. The lowest BCUT2D eigenvalue weighted by molar-refractivity contribution is 0.292. The van der Waals surface area contributed by atoms with Crippen LogP contribution in [0, 0.1) is 6.92 Å². The monoisotopic (exact) mass is 197 g/mol. The number of aliphatic hydroxyl groups is 1. The van der Waals surface area contributed by atoms with Crippen molar-refractivity contribution in [2.45, 2.75) is 33.4 Å². The molecule has 0 aromatic carbocycles.